The van der Waals surface area contributed by atoms with E-state index in [9.17, 15) is 13.2 Å². The van der Waals surface area contributed by atoms with Gasteiger partial charge in [-0.3, -0.25) is 9.10 Å². The van der Waals surface area contributed by atoms with E-state index in [0.29, 0.717) is 11.4 Å². The summed E-state index contributed by atoms with van der Waals surface area (Å²) in [6.07, 6.45) is 1.11. The molecule has 1 aliphatic rings. The Hall–Kier alpha value is -2.58. The zero-order chi connectivity index (χ0) is 21.9. The van der Waals surface area contributed by atoms with Gasteiger partial charge in [0.1, 0.15) is 6.04 Å². The molecule has 8 heteroatoms. The Labute approximate surface area is 179 Å². The second kappa shape index (κ2) is 9.06. The fourth-order valence-electron chi connectivity index (χ4n) is 3.57. The van der Waals surface area contributed by atoms with Crippen molar-refractivity contribution in [1.29, 1.82) is 0 Å². The summed E-state index contributed by atoms with van der Waals surface area (Å²) in [4.78, 5) is 17.4. The van der Waals surface area contributed by atoms with E-state index in [1.165, 1.54) is 0 Å². The molecular formula is C22H30N4O3S. The molecule has 0 saturated carbocycles. The standard InChI is InChI=1S/C22H30N4O3S/c1-17-5-9-21(10-6-17)26(30(4,28)29)18(2)22(27)23-19-7-11-20(12-8-19)25-15-13-24(3)14-16-25/h5-12,18H,13-16H2,1-4H3,(H,23,27). The van der Waals surface area contributed by atoms with Crippen molar-refractivity contribution in [3.05, 3.63) is 54.1 Å². The normalized spacial score (nSPS) is 16.2. The lowest BCUT2D eigenvalue weighted by atomic mass is 10.2. The van der Waals surface area contributed by atoms with Gasteiger partial charge in [-0.05, 0) is 57.3 Å². The average Bonchev–Trinajstić information content (AvgIpc) is 2.70. The molecule has 1 fully saturated rings. The molecule has 1 heterocycles. The Morgan fingerprint density at radius 3 is 2.10 bits per heavy atom. The number of rotatable bonds is 6. The maximum Gasteiger partial charge on any atom is 0.247 e. The minimum absolute atomic E-state index is 0.381. The predicted octanol–water partition coefficient (Wildman–Crippen LogP) is 2.54. The molecule has 2 aromatic rings. The first kappa shape index (κ1) is 22.1. The third kappa shape index (κ3) is 5.31. The molecule has 0 spiro atoms. The van der Waals surface area contributed by atoms with E-state index in [2.05, 4.69) is 22.2 Å². The van der Waals surface area contributed by atoms with Crippen molar-refractivity contribution in [2.75, 3.05) is 54.0 Å². The van der Waals surface area contributed by atoms with Crippen LogP contribution in [-0.4, -0.2) is 64.7 Å². The van der Waals surface area contributed by atoms with Crippen molar-refractivity contribution < 1.29 is 13.2 Å². The molecule has 1 atom stereocenters. The number of likely N-dealkylation sites (N-methyl/N-ethyl adjacent to an activating group) is 1. The van der Waals surface area contributed by atoms with Gasteiger partial charge in [0.25, 0.3) is 0 Å². The monoisotopic (exact) mass is 430 g/mol. The average molecular weight is 431 g/mol. The Morgan fingerprint density at radius 2 is 1.57 bits per heavy atom. The fraction of sp³-hybridized carbons (Fsp3) is 0.409. The van der Waals surface area contributed by atoms with Crippen molar-refractivity contribution in [3.8, 4) is 0 Å². The molecule has 3 rings (SSSR count). The topological polar surface area (TPSA) is 73.0 Å². The summed E-state index contributed by atoms with van der Waals surface area (Å²) >= 11 is 0. The first-order chi connectivity index (χ1) is 14.1. The van der Waals surface area contributed by atoms with Crippen LogP contribution in [0, 0.1) is 6.92 Å². The van der Waals surface area contributed by atoms with E-state index >= 15 is 0 Å². The highest BCUT2D eigenvalue weighted by Gasteiger charge is 2.29. The molecule has 1 saturated heterocycles. The van der Waals surface area contributed by atoms with Gasteiger partial charge in [-0.1, -0.05) is 17.7 Å². The molecule has 7 nitrogen and oxygen atoms in total. The van der Waals surface area contributed by atoms with Gasteiger partial charge in [-0.15, -0.1) is 0 Å². The largest absolute Gasteiger partial charge is 0.369 e. The van der Waals surface area contributed by atoms with E-state index < -0.39 is 16.1 Å². The Balaban J connectivity index is 1.71. The highest BCUT2D eigenvalue weighted by atomic mass is 32.2. The second-order valence-electron chi connectivity index (χ2n) is 7.90. The Kier molecular flexibility index (Phi) is 6.67. The smallest absolute Gasteiger partial charge is 0.247 e. The van der Waals surface area contributed by atoms with Crippen LogP contribution in [0.1, 0.15) is 12.5 Å². The third-order valence-electron chi connectivity index (χ3n) is 5.38. The summed E-state index contributed by atoms with van der Waals surface area (Å²) in [7, 11) is -1.51. The summed E-state index contributed by atoms with van der Waals surface area (Å²) in [5.74, 6) is -0.381. The molecule has 2 aromatic carbocycles. The van der Waals surface area contributed by atoms with E-state index in [0.717, 1.165) is 48.0 Å². The number of carbonyl (C=O) groups excluding carboxylic acids is 1. The van der Waals surface area contributed by atoms with Crippen LogP contribution in [0.4, 0.5) is 17.1 Å². The molecule has 0 aromatic heterocycles. The zero-order valence-corrected chi connectivity index (χ0v) is 18.8. The number of nitrogens with zero attached hydrogens (tertiary/aromatic N) is 3. The predicted molar refractivity (Wildman–Crippen MR) is 123 cm³/mol. The summed E-state index contributed by atoms with van der Waals surface area (Å²) in [6.45, 7) is 7.51. The van der Waals surface area contributed by atoms with E-state index in [1.54, 1.807) is 19.1 Å². The van der Waals surface area contributed by atoms with Crippen molar-refractivity contribution in [2.45, 2.75) is 19.9 Å². The highest BCUT2D eigenvalue weighted by molar-refractivity contribution is 7.92. The molecule has 0 aliphatic carbocycles. The van der Waals surface area contributed by atoms with Crippen LogP contribution >= 0.6 is 0 Å². The van der Waals surface area contributed by atoms with Gasteiger partial charge in [0.15, 0.2) is 0 Å². The number of hydrogen-bond donors (Lipinski definition) is 1. The van der Waals surface area contributed by atoms with Crippen LogP contribution in [-0.2, 0) is 14.8 Å². The summed E-state index contributed by atoms with van der Waals surface area (Å²) < 4.78 is 25.9. The summed E-state index contributed by atoms with van der Waals surface area (Å²) in [5.41, 5.74) is 3.24. The zero-order valence-electron chi connectivity index (χ0n) is 18.0. The molecule has 0 bridgehead atoms. The van der Waals surface area contributed by atoms with Crippen LogP contribution in [0.2, 0.25) is 0 Å². The van der Waals surface area contributed by atoms with E-state index in [-0.39, 0.29) is 5.91 Å². The lowest BCUT2D eigenvalue weighted by Crippen LogP contribution is -2.45. The van der Waals surface area contributed by atoms with Gasteiger partial charge in [0, 0.05) is 37.6 Å². The molecule has 1 unspecified atom stereocenters. The van der Waals surface area contributed by atoms with Crippen LogP contribution in [0.15, 0.2) is 48.5 Å². The Morgan fingerprint density at radius 1 is 1.00 bits per heavy atom. The van der Waals surface area contributed by atoms with Gasteiger partial charge in [-0.25, -0.2) is 8.42 Å². The minimum atomic E-state index is -3.63. The second-order valence-corrected chi connectivity index (χ2v) is 9.76. The molecule has 1 amide bonds. The first-order valence-electron chi connectivity index (χ1n) is 10.1. The molecule has 1 N–H and O–H groups in total. The summed E-state index contributed by atoms with van der Waals surface area (Å²) in [5, 5.41) is 2.84. The van der Waals surface area contributed by atoms with Crippen molar-refractivity contribution in [3.63, 3.8) is 0 Å². The quantitative estimate of drug-likeness (QED) is 0.763. The van der Waals surface area contributed by atoms with Gasteiger partial charge in [0.2, 0.25) is 15.9 Å². The van der Waals surface area contributed by atoms with Gasteiger partial charge in [-0.2, -0.15) is 0 Å². The number of carbonyl (C=O) groups is 1. The maximum atomic E-state index is 12.8. The number of anilines is 3. The minimum Gasteiger partial charge on any atom is -0.369 e. The van der Waals surface area contributed by atoms with E-state index in [1.807, 2.05) is 43.3 Å². The molecular weight excluding hydrogens is 400 g/mol. The van der Waals surface area contributed by atoms with Gasteiger partial charge < -0.3 is 15.1 Å². The van der Waals surface area contributed by atoms with Crippen molar-refractivity contribution in [2.24, 2.45) is 0 Å². The van der Waals surface area contributed by atoms with Crippen molar-refractivity contribution >= 4 is 33.0 Å². The number of sulfonamides is 1. The molecule has 30 heavy (non-hydrogen) atoms. The molecule has 0 radical (unpaired) electrons. The van der Waals surface area contributed by atoms with Crippen LogP contribution < -0.4 is 14.5 Å². The van der Waals surface area contributed by atoms with Crippen LogP contribution in [0.3, 0.4) is 0 Å². The van der Waals surface area contributed by atoms with Gasteiger partial charge in [0.05, 0.1) is 11.9 Å². The Bertz CT molecular complexity index is 966. The number of piperazine rings is 1. The number of hydrogen-bond acceptors (Lipinski definition) is 5. The maximum absolute atomic E-state index is 12.8. The lowest BCUT2D eigenvalue weighted by Gasteiger charge is -2.34. The lowest BCUT2D eigenvalue weighted by molar-refractivity contribution is -0.116. The van der Waals surface area contributed by atoms with Gasteiger partial charge >= 0.3 is 0 Å². The number of amides is 1. The fourth-order valence-corrected chi connectivity index (χ4v) is 4.74. The van der Waals surface area contributed by atoms with Crippen LogP contribution in [0.5, 0.6) is 0 Å². The van der Waals surface area contributed by atoms with Crippen molar-refractivity contribution in [1.82, 2.24) is 4.90 Å². The highest BCUT2D eigenvalue weighted by Crippen LogP contribution is 2.23. The number of benzene rings is 2. The number of nitrogens with one attached hydrogen (secondary N) is 1. The molecule has 1 aliphatic heterocycles. The molecule has 162 valence electrons. The summed E-state index contributed by atoms with van der Waals surface area (Å²) in [6, 6.07) is 13.9. The number of aryl methyl sites for hydroxylation is 1. The SMILES string of the molecule is Cc1ccc(N(C(C)C(=O)Nc2ccc(N3CCN(C)CC3)cc2)S(C)(=O)=O)cc1. The van der Waals surface area contributed by atoms with E-state index in [4.69, 9.17) is 0 Å². The first-order valence-corrected chi connectivity index (χ1v) is 11.9. The van der Waals surface area contributed by atoms with Crippen LogP contribution in [0.25, 0.3) is 0 Å². The third-order valence-corrected chi connectivity index (χ3v) is 6.62.